The summed E-state index contributed by atoms with van der Waals surface area (Å²) in [6, 6.07) is 0. The van der Waals surface area contributed by atoms with Crippen molar-refractivity contribution in [1.82, 2.24) is 5.32 Å². The molecule has 0 spiro atoms. The van der Waals surface area contributed by atoms with Gasteiger partial charge < -0.3 is 11.1 Å². The molecule has 1 aliphatic carbocycles. The number of carbonyl (C=O) groups is 1. The van der Waals surface area contributed by atoms with E-state index in [4.69, 9.17) is 5.73 Å². The fourth-order valence-corrected chi connectivity index (χ4v) is 1.84. The molecular weight excluding hydrogens is 188 g/mol. The van der Waals surface area contributed by atoms with Crippen LogP contribution in [0.4, 0.5) is 0 Å². The van der Waals surface area contributed by atoms with Gasteiger partial charge in [0, 0.05) is 12.0 Å². The van der Waals surface area contributed by atoms with Crippen molar-refractivity contribution in [3.05, 3.63) is 0 Å². The molecule has 1 amide bonds. The van der Waals surface area contributed by atoms with Gasteiger partial charge >= 0.3 is 0 Å². The van der Waals surface area contributed by atoms with E-state index in [-0.39, 0.29) is 11.4 Å². The van der Waals surface area contributed by atoms with Crippen LogP contribution in [-0.2, 0) is 4.79 Å². The molecule has 3 heteroatoms. The van der Waals surface area contributed by atoms with Gasteiger partial charge in [-0.3, -0.25) is 4.79 Å². The zero-order valence-electron chi connectivity index (χ0n) is 10.0. The van der Waals surface area contributed by atoms with Crippen molar-refractivity contribution in [1.29, 1.82) is 0 Å². The number of hydrogen-bond acceptors (Lipinski definition) is 2. The Morgan fingerprint density at radius 2 is 2.13 bits per heavy atom. The lowest BCUT2D eigenvalue weighted by atomic mass is 9.96. The van der Waals surface area contributed by atoms with Crippen molar-refractivity contribution in [2.45, 2.75) is 57.9 Å². The molecule has 3 N–H and O–H groups in total. The van der Waals surface area contributed by atoms with Gasteiger partial charge in [0.1, 0.15) is 0 Å². The van der Waals surface area contributed by atoms with Crippen molar-refractivity contribution in [3.63, 3.8) is 0 Å². The Morgan fingerprint density at radius 1 is 1.47 bits per heavy atom. The maximum Gasteiger partial charge on any atom is 0.220 e. The van der Waals surface area contributed by atoms with E-state index in [0.717, 1.165) is 38.6 Å². The highest BCUT2D eigenvalue weighted by molar-refractivity contribution is 5.77. The van der Waals surface area contributed by atoms with Gasteiger partial charge in [0.2, 0.25) is 5.91 Å². The summed E-state index contributed by atoms with van der Waals surface area (Å²) in [5.74, 6) is 0.832. The molecule has 1 unspecified atom stereocenters. The Bertz CT molecular complexity index is 212. The molecular formula is C12H24N2O. The number of carbonyl (C=O) groups excluding carboxylic acids is 1. The highest BCUT2D eigenvalue weighted by Gasteiger charge is 2.38. The smallest absolute Gasteiger partial charge is 0.220 e. The molecule has 0 saturated heterocycles. The lowest BCUT2D eigenvalue weighted by molar-refractivity contribution is -0.122. The average molecular weight is 212 g/mol. The summed E-state index contributed by atoms with van der Waals surface area (Å²) < 4.78 is 0. The van der Waals surface area contributed by atoms with Gasteiger partial charge in [-0.05, 0) is 45.1 Å². The second-order valence-electron chi connectivity index (χ2n) is 5.00. The van der Waals surface area contributed by atoms with E-state index >= 15 is 0 Å². The molecule has 0 aromatic heterocycles. The van der Waals surface area contributed by atoms with Crippen molar-refractivity contribution in [2.24, 2.45) is 11.7 Å². The van der Waals surface area contributed by atoms with E-state index in [2.05, 4.69) is 19.2 Å². The second-order valence-corrected chi connectivity index (χ2v) is 5.00. The minimum atomic E-state index is 0.132. The van der Waals surface area contributed by atoms with E-state index in [1.165, 1.54) is 0 Å². The maximum atomic E-state index is 11.6. The van der Waals surface area contributed by atoms with Crippen LogP contribution in [0.25, 0.3) is 0 Å². The first-order valence-electron chi connectivity index (χ1n) is 6.10. The third kappa shape index (κ3) is 4.65. The van der Waals surface area contributed by atoms with Gasteiger partial charge in [0.05, 0.1) is 0 Å². The summed E-state index contributed by atoms with van der Waals surface area (Å²) in [6.07, 6.45) is 6.09. The van der Waals surface area contributed by atoms with E-state index in [0.29, 0.717) is 12.3 Å². The Kier molecular flexibility index (Phi) is 4.58. The fourth-order valence-electron chi connectivity index (χ4n) is 1.84. The van der Waals surface area contributed by atoms with E-state index in [1.807, 2.05) is 0 Å². The first kappa shape index (κ1) is 12.5. The molecule has 15 heavy (non-hydrogen) atoms. The predicted molar refractivity (Wildman–Crippen MR) is 62.5 cm³/mol. The topological polar surface area (TPSA) is 55.1 Å². The summed E-state index contributed by atoms with van der Waals surface area (Å²) in [5, 5.41) is 3.08. The van der Waals surface area contributed by atoms with Gasteiger partial charge in [-0.25, -0.2) is 0 Å². The minimum absolute atomic E-state index is 0.132. The van der Waals surface area contributed by atoms with Crippen LogP contribution in [0.15, 0.2) is 0 Å². The molecule has 0 radical (unpaired) electrons. The second kappa shape index (κ2) is 5.50. The third-order valence-electron chi connectivity index (χ3n) is 3.37. The molecule has 3 nitrogen and oxygen atoms in total. The monoisotopic (exact) mass is 212 g/mol. The number of rotatable bonds is 7. The van der Waals surface area contributed by atoms with E-state index < -0.39 is 0 Å². The largest absolute Gasteiger partial charge is 0.351 e. The lowest BCUT2D eigenvalue weighted by Gasteiger charge is -2.15. The summed E-state index contributed by atoms with van der Waals surface area (Å²) in [7, 11) is 0. The molecule has 88 valence electrons. The van der Waals surface area contributed by atoms with Crippen molar-refractivity contribution >= 4 is 5.91 Å². The molecule has 1 saturated carbocycles. The van der Waals surface area contributed by atoms with Crippen LogP contribution in [0.5, 0.6) is 0 Å². The molecule has 1 atom stereocenters. The summed E-state index contributed by atoms with van der Waals surface area (Å²) >= 11 is 0. The standard InChI is InChI=1S/C12H24N2O/c1-3-10(6-9-13)4-5-11(15)14-12(2)7-8-12/h10H,3-9,13H2,1-2H3,(H,14,15). The summed E-state index contributed by atoms with van der Waals surface area (Å²) in [5.41, 5.74) is 5.65. The first-order chi connectivity index (χ1) is 7.09. The Hall–Kier alpha value is -0.570. The molecule has 1 rings (SSSR count). The average Bonchev–Trinajstić information content (AvgIpc) is 2.90. The molecule has 1 aliphatic rings. The Labute approximate surface area is 92.8 Å². The zero-order valence-corrected chi connectivity index (χ0v) is 10.0. The van der Waals surface area contributed by atoms with Gasteiger partial charge in [-0.1, -0.05) is 13.3 Å². The highest BCUT2D eigenvalue weighted by atomic mass is 16.1. The van der Waals surface area contributed by atoms with Crippen LogP contribution in [-0.4, -0.2) is 18.0 Å². The molecule has 0 aromatic carbocycles. The number of nitrogens with two attached hydrogens (primary N) is 1. The highest BCUT2D eigenvalue weighted by Crippen LogP contribution is 2.34. The van der Waals surface area contributed by atoms with Crippen LogP contribution >= 0.6 is 0 Å². The Balaban J connectivity index is 2.14. The molecule has 1 fully saturated rings. The SMILES string of the molecule is CCC(CCN)CCC(=O)NC1(C)CC1. The van der Waals surface area contributed by atoms with Gasteiger partial charge in [-0.15, -0.1) is 0 Å². The summed E-state index contributed by atoms with van der Waals surface area (Å²) in [6.45, 7) is 5.01. The molecule has 0 aliphatic heterocycles. The first-order valence-corrected chi connectivity index (χ1v) is 6.10. The van der Waals surface area contributed by atoms with Crippen molar-refractivity contribution in [2.75, 3.05) is 6.54 Å². The lowest BCUT2D eigenvalue weighted by Crippen LogP contribution is -2.34. The third-order valence-corrected chi connectivity index (χ3v) is 3.37. The van der Waals surface area contributed by atoms with Crippen LogP contribution in [0.3, 0.4) is 0 Å². The Morgan fingerprint density at radius 3 is 2.60 bits per heavy atom. The van der Waals surface area contributed by atoms with Crippen LogP contribution in [0, 0.1) is 5.92 Å². The van der Waals surface area contributed by atoms with Gasteiger partial charge in [-0.2, -0.15) is 0 Å². The summed E-state index contributed by atoms with van der Waals surface area (Å²) in [4.78, 5) is 11.6. The van der Waals surface area contributed by atoms with Gasteiger partial charge in [0.25, 0.3) is 0 Å². The maximum absolute atomic E-state index is 11.6. The number of nitrogens with one attached hydrogen (secondary N) is 1. The van der Waals surface area contributed by atoms with Crippen LogP contribution in [0.1, 0.15) is 52.4 Å². The van der Waals surface area contributed by atoms with Crippen molar-refractivity contribution < 1.29 is 4.79 Å². The van der Waals surface area contributed by atoms with E-state index in [1.54, 1.807) is 0 Å². The molecule has 0 bridgehead atoms. The quantitative estimate of drug-likeness (QED) is 0.676. The number of hydrogen-bond donors (Lipinski definition) is 2. The van der Waals surface area contributed by atoms with Gasteiger partial charge in [0.15, 0.2) is 0 Å². The normalized spacial score (nSPS) is 19.7. The minimum Gasteiger partial charge on any atom is -0.351 e. The zero-order chi connectivity index (χ0) is 11.3. The molecule has 0 heterocycles. The van der Waals surface area contributed by atoms with E-state index in [9.17, 15) is 4.79 Å². The molecule has 0 aromatic rings. The van der Waals surface area contributed by atoms with Crippen LogP contribution < -0.4 is 11.1 Å². The predicted octanol–water partition coefficient (Wildman–Crippen LogP) is 1.81. The van der Waals surface area contributed by atoms with Crippen molar-refractivity contribution in [3.8, 4) is 0 Å². The number of amides is 1. The van der Waals surface area contributed by atoms with Crippen LogP contribution in [0.2, 0.25) is 0 Å². The fraction of sp³-hybridized carbons (Fsp3) is 0.917.